The molecule has 1 N–H and O–H groups in total. The van der Waals surface area contributed by atoms with Crippen LogP contribution in [-0.2, 0) is 33.8 Å². The van der Waals surface area contributed by atoms with Gasteiger partial charge in [-0.2, -0.15) is 9.40 Å². The minimum absolute atomic E-state index is 0.0482. The number of hydrogen-bond acceptors (Lipinski definition) is 10. The van der Waals surface area contributed by atoms with Gasteiger partial charge in [-0.05, 0) is 48.5 Å². The number of sulfonamides is 1. The summed E-state index contributed by atoms with van der Waals surface area (Å²) in [5.74, 6) is -1.35. The second-order valence-corrected chi connectivity index (χ2v) is 12.7. The van der Waals surface area contributed by atoms with Crippen LogP contribution in [-0.4, -0.2) is 98.6 Å². The van der Waals surface area contributed by atoms with Gasteiger partial charge < -0.3 is 24.4 Å². The Bertz CT molecular complexity index is 1840. The summed E-state index contributed by atoms with van der Waals surface area (Å²) in [6.45, 7) is 2.68. The van der Waals surface area contributed by atoms with Gasteiger partial charge in [-0.3, -0.25) is 9.78 Å². The Morgan fingerprint density at radius 2 is 1.68 bits per heavy atom. The Labute approximate surface area is 272 Å². The van der Waals surface area contributed by atoms with Crippen LogP contribution in [0.25, 0.3) is 23.0 Å². The minimum atomic E-state index is -3.81. The molecule has 0 saturated carbocycles. The maximum Gasteiger partial charge on any atom is 0.331 e. The van der Waals surface area contributed by atoms with Gasteiger partial charge in [0.05, 0.1) is 48.4 Å². The van der Waals surface area contributed by atoms with Crippen molar-refractivity contribution in [1.29, 1.82) is 0 Å². The van der Waals surface area contributed by atoms with Crippen molar-refractivity contribution < 1.29 is 32.2 Å². The number of para-hydroxylation sites is 1. The van der Waals surface area contributed by atoms with Gasteiger partial charge in [0.15, 0.2) is 6.61 Å². The van der Waals surface area contributed by atoms with Gasteiger partial charge in [-0.15, -0.1) is 0 Å². The second-order valence-electron chi connectivity index (χ2n) is 10.7. The predicted octanol–water partition coefficient (Wildman–Crippen LogP) is 2.99. The Hall–Kier alpha value is -4.89. The lowest BCUT2D eigenvalue weighted by Crippen LogP contribution is -2.40. The number of nitrogens with one attached hydrogen (secondary N) is 1. The molecule has 47 heavy (non-hydrogen) atoms. The van der Waals surface area contributed by atoms with Crippen LogP contribution in [0.1, 0.15) is 5.56 Å². The van der Waals surface area contributed by atoms with E-state index < -0.39 is 28.5 Å². The number of ether oxygens (including phenoxy) is 3. The average Bonchev–Trinajstić information content (AvgIpc) is 3.56. The van der Waals surface area contributed by atoms with Crippen LogP contribution >= 0.6 is 0 Å². The molecule has 0 spiro atoms. The maximum absolute atomic E-state index is 13.4. The SMILES string of the molecule is O=C(COC(=O)C=Cc1cn(-c2ccccc2)nc1-c1cccnc1)Nc1cc(S(=O)(=O)N2CCOCC2)ccc1N1CCOCC1. The van der Waals surface area contributed by atoms with Gasteiger partial charge in [0.2, 0.25) is 10.0 Å². The Morgan fingerprint density at radius 3 is 2.40 bits per heavy atom. The summed E-state index contributed by atoms with van der Waals surface area (Å²) in [5, 5.41) is 7.45. The van der Waals surface area contributed by atoms with E-state index in [0.717, 1.165) is 11.3 Å². The summed E-state index contributed by atoms with van der Waals surface area (Å²) in [5.41, 5.74) is 3.82. The highest BCUT2D eigenvalue weighted by molar-refractivity contribution is 7.89. The van der Waals surface area contributed by atoms with Gasteiger partial charge in [-0.1, -0.05) is 18.2 Å². The molecule has 4 heterocycles. The first-order valence-corrected chi connectivity index (χ1v) is 16.6. The molecular weight excluding hydrogens is 624 g/mol. The van der Waals surface area contributed by atoms with E-state index in [-0.39, 0.29) is 18.0 Å². The van der Waals surface area contributed by atoms with Crippen LogP contribution in [0.2, 0.25) is 0 Å². The van der Waals surface area contributed by atoms with E-state index in [1.807, 2.05) is 41.3 Å². The normalized spacial score (nSPS) is 15.9. The molecule has 2 saturated heterocycles. The van der Waals surface area contributed by atoms with Crippen molar-refractivity contribution in [3.05, 3.63) is 90.9 Å². The molecule has 0 unspecified atom stereocenters. The standard InChI is InChI=1S/C33H34N6O7S/c40-31(35-29-21-28(47(42,43)38-15-19-45-20-16-38)9-10-30(29)37-13-17-44-18-14-37)24-46-32(41)11-8-26-23-39(27-6-2-1-3-7-27)36-33(26)25-5-4-12-34-22-25/h1-12,21-23H,13-20,24H2,(H,35,40). The summed E-state index contributed by atoms with van der Waals surface area (Å²) in [4.78, 5) is 32.0. The zero-order valence-electron chi connectivity index (χ0n) is 25.5. The number of morpholine rings is 2. The van der Waals surface area contributed by atoms with Gasteiger partial charge in [0.25, 0.3) is 5.91 Å². The van der Waals surface area contributed by atoms with Gasteiger partial charge in [-0.25, -0.2) is 17.9 Å². The molecule has 2 aliphatic heterocycles. The molecule has 4 aromatic rings. The van der Waals surface area contributed by atoms with Crippen molar-refractivity contribution in [1.82, 2.24) is 19.1 Å². The largest absolute Gasteiger partial charge is 0.452 e. The van der Waals surface area contributed by atoms with Crippen molar-refractivity contribution in [3.8, 4) is 16.9 Å². The maximum atomic E-state index is 13.4. The summed E-state index contributed by atoms with van der Waals surface area (Å²) in [6.07, 6.45) is 7.95. The molecule has 2 aromatic carbocycles. The minimum Gasteiger partial charge on any atom is -0.452 e. The average molecular weight is 659 g/mol. The summed E-state index contributed by atoms with van der Waals surface area (Å²) >= 11 is 0. The number of anilines is 2. The molecule has 2 aromatic heterocycles. The number of aromatic nitrogens is 3. The number of rotatable bonds is 10. The summed E-state index contributed by atoms with van der Waals surface area (Å²) in [7, 11) is -3.81. The zero-order valence-corrected chi connectivity index (χ0v) is 26.3. The van der Waals surface area contributed by atoms with Crippen LogP contribution in [0.4, 0.5) is 11.4 Å². The molecule has 0 atom stereocenters. The van der Waals surface area contributed by atoms with Crippen molar-refractivity contribution in [2.24, 2.45) is 0 Å². The number of nitrogens with zero attached hydrogens (tertiary/aromatic N) is 5. The lowest BCUT2D eigenvalue weighted by atomic mass is 10.1. The molecule has 6 rings (SSSR count). The molecule has 2 aliphatic rings. The quantitative estimate of drug-likeness (QED) is 0.199. The number of amides is 1. The van der Waals surface area contributed by atoms with E-state index in [9.17, 15) is 18.0 Å². The zero-order chi connectivity index (χ0) is 32.6. The lowest BCUT2D eigenvalue weighted by molar-refractivity contribution is -0.142. The fourth-order valence-corrected chi connectivity index (χ4v) is 6.70. The van der Waals surface area contributed by atoms with Crippen LogP contribution in [0.5, 0.6) is 0 Å². The number of carbonyl (C=O) groups is 2. The van der Waals surface area contributed by atoms with Crippen LogP contribution in [0, 0.1) is 0 Å². The van der Waals surface area contributed by atoms with E-state index in [4.69, 9.17) is 19.3 Å². The fraction of sp³-hybridized carbons (Fsp3) is 0.273. The molecule has 1 amide bonds. The predicted molar refractivity (Wildman–Crippen MR) is 174 cm³/mol. The van der Waals surface area contributed by atoms with Crippen molar-refractivity contribution >= 4 is 39.4 Å². The molecule has 2 fully saturated rings. The molecular formula is C33H34N6O7S. The first kappa shape index (κ1) is 32.1. The van der Waals surface area contributed by atoms with Crippen LogP contribution < -0.4 is 10.2 Å². The fourth-order valence-electron chi connectivity index (χ4n) is 5.27. The van der Waals surface area contributed by atoms with Crippen molar-refractivity contribution in [2.75, 3.05) is 69.4 Å². The number of pyridine rings is 1. The number of carbonyl (C=O) groups excluding carboxylic acids is 2. The first-order chi connectivity index (χ1) is 22.9. The molecule has 14 heteroatoms. The molecule has 13 nitrogen and oxygen atoms in total. The number of esters is 1. The third-order valence-electron chi connectivity index (χ3n) is 7.64. The molecule has 0 bridgehead atoms. The summed E-state index contributed by atoms with van der Waals surface area (Å²) < 4.78 is 45.8. The van der Waals surface area contributed by atoms with E-state index in [2.05, 4.69) is 10.3 Å². The Morgan fingerprint density at radius 1 is 0.936 bits per heavy atom. The van der Waals surface area contributed by atoms with E-state index in [0.29, 0.717) is 62.1 Å². The smallest absolute Gasteiger partial charge is 0.331 e. The van der Waals surface area contributed by atoms with Crippen molar-refractivity contribution in [3.63, 3.8) is 0 Å². The van der Waals surface area contributed by atoms with Crippen LogP contribution in [0.15, 0.2) is 90.2 Å². The third-order valence-corrected chi connectivity index (χ3v) is 9.54. The molecule has 0 radical (unpaired) electrons. The monoisotopic (exact) mass is 658 g/mol. The topological polar surface area (TPSA) is 145 Å². The van der Waals surface area contributed by atoms with E-state index in [1.165, 1.54) is 22.5 Å². The lowest BCUT2D eigenvalue weighted by Gasteiger charge is -2.31. The van der Waals surface area contributed by atoms with Crippen molar-refractivity contribution in [2.45, 2.75) is 4.90 Å². The highest BCUT2D eigenvalue weighted by Crippen LogP contribution is 2.31. The van der Waals surface area contributed by atoms with Gasteiger partial charge in [0, 0.05) is 62.0 Å². The number of hydrogen-bond donors (Lipinski definition) is 1. The molecule has 0 aliphatic carbocycles. The highest BCUT2D eigenvalue weighted by atomic mass is 32.2. The molecule has 244 valence electrons. The van der Waals surface area contributed by atoms with E-state index >= 15 is 0 Å². The number of benzene rings is 2. The Kier molecular flexibility index (Phi) is 10.0. The second kappa shape index (κ2) is 14.7. The third kappa shape index (κ3) is 7.74. The van der Waals surface area contributed by atoms with E-state index in [1.54, 1.807) is 41.5 Å². The van der Waals surface area contributed by atoms with Gasteiger partial charge >= 0.3 is 5.97 Å². The Balaban J connectivity index is 1.16. The van der Waals surface area contributed by atoms with Gasteiger partial charge in [0.1, 0.15) is 5.69 Å². The van der Waals surface area contributed by atoms with Crippen LogP contribution in [0.3, 0.4) is 0 Å². The highest BCUT2D eigenvalue weighted by Gasteiger charge is 2.28. The summed E-state index contributed by atoms with van der Waals surface area (Å²) in [6, 6.07) is 17.9. The first-order valence-electron chi connectivity index (χ1n) is 15.1.